The van der Waals surface area contributed by atoms with E-state index >= 15 is 0 Å². The van der Waals surface area contributed by atoms with E-state index in [2.05, 4.69) is 44.2 Å². The third kappa shape index (κ3) is 3.09. The summed E-state index contributed by atoms with van der Waals surface area (Å²) >= 11 is 0. The Balaban J connectivity index is 1.73. The van der Waals surface area contributed by atoms with Crippen LogP contribution >= 0.6 is 0 Å². The lowest BCUT2D eigenvalue weighted by molar-refractivity contribution is 1.06. The number of hydrogen-bond acceptors (Lipinski definition) is 5. The van der Waals surface area contributed by atoms with Crippen molar-refractivity contribution in [3.8, 4) is 34.2 Å². The van der Waals surface area contributed by atoms with E-state index in [4.69, 9.17) is 4.98 Å². The van der Waals surface area contributed by atoms with Gasteiger partial charge in [0.25, 0.3) is 0 Å². The lowest BCUT2D eigenvalue weighted by atomic mass is 10.1. The highest BCUT2D eigenvalue weighted by atomic mass is 15.2. The van der Waals surface area contributed by atoms with E-state index in [9.17, 15) is 0 Å². The van der Waals surface area contributed by atoms with Crippen molar-refractivity contribution in [1.82, 2.24) is 30.1 Å². The molecule has 1 aromatic carbocycles. The van der Waals surface area contributed by atoms with Gasteiger partial charge in [-0.2, -0.15) is 0 Å². The first kappa shape index (κ1) is 16.1. The summed E-state index contributed by atoms with van der Waals surface area (Å²) < 4.78 is 0. The fourth-order valence-corrected chi connectivity index (χ4v) is 2.76. The molecule has 128 valence electrons. The van der Waals surface area contributed by atoms with Gasteiger partial charge in [0.05, 0.1) is 17.6 Å². The molecule has 0 bridgehead atoms. The smallest absolute Gasteiger partial charge is 0.182 e. The first-order valence-corrected chi connectivity index (χ1v) is 8.51. The Kier molecular flexibility index (Phi) is 4.23. The SMILES string of the molecule is CCc1cccc(-c2nnc(-c3nc(-c4cccnc4)cnc3C)[nH]2)c1. The number of rotatable bonds is 4. The Morgan fingerprint density at radius 1 is 0.962 bits per heavy atom. The summed E-state index contributed by atoms with van der Waals surface area (Å²) in [4.78, 5) is 16.6. The van der Waals surface area contributed by atoms with E-state index in [1.807, 2.05) is 31.2 Å². The van der Waals surface area contributed by atoms with Crippen molar-refractivity contribution in [2.45, 2.75) is 20.3 Å². The van der Waals surface area contributed by atoms with Crippen molar-refractivity contribution in [2.24, 2.45) is 0 Å². The lowest BCUT2D eigenvalue weighted by Crippen LogP contribution is -1.96. The molecule has 1 N–H and O–H groups in total. The number of aromatic nitrogens is 6. The molecule has 0 fully saturated rings. The number of H-pyrrole nitrogens is 1. The molecule has 0 atom stereocenters. The van der Waals surface area contributed by atoms with Gasteiger partial charge in [0.1, 0.15) is 5.69 Å². The number of benzene rings is 1. The molecule has 0 saturated carbocycles. The van der Waals surface area contributed by atoms with E-state index in [0.717, 1.165) is 34.8 Å². The molecule has 0 aliphatic carbocycles. The highest BCUT2D eigenvalue weighted by Gasteiger charge is 2.14. The molecule has 26 heavy (non-hydrogen) atoms. The monoisotopic (exact) mass is 342 g/mol. The Morgan fingerprint density at radius 3 is 2.62 bits per heavy atom. The number of aromatic amines is 1. The molecule has 4 rings (SSSR count). The molecule has 4 aromatic rings. The number of hydrogen-bond donors (Lipinski definition) is 1. The second-order valence-corrected chi connectivity index (χ2v) is 6.01. The van der Waals surface area contributed by atoms with Crippen LogP contribution in [0.15, 0.2) is 55.0 Å². The van der Waals surface area contributed by atoms with E-state index < -0.39 is 0 Å². The number of nitrogens with zero attached hydrogens (tertiary/aromatic N) is 5. The third-order valence-electron chi connectivity index (χ3n) is 4.23. The molecule has 0 unspecified atom stereocenters. The molecule has 0 spiro atoms. The maximum Gasteiger partial charge on any atom is 0.182 e. The van der Waals surface area contributed by atoms with Crippen LogP contribution < -0.4 is 0 Å². The van der Waals surface area contributed by atoms with Crippen LogP contribution in [0.5, 0.6) is 0 Å². The molecule has 0 saturated heterocycles. The normalized spacial score (nSPS) is 10.8. The molecule has 0 aliphatic heterocycles. The maximum absolute atomic E-state index is 4.72. The third-order valence-corrected chi connectivity index (χ3v) is 4.23. The summed E-state index contributed by atoms with van der Waals surface area (Å²) in [7, 11) is 0. The van der Waals surface area contributed by atoms with Crippen LogP contribution in [0.2, 0.25) is 0 Å². The molecule has 3 aromatic heterocycles. The van der Waals surface area contributed by atoms with Gasteiger partial charge in [-0.15, -0.1) is 10.2 Å². The predicted octanol–water partition coefficient (Wildman–Crippen LogP) is 3.86. The summed E-state index contributed by atoms with van der Waals surface area (Å²) in [6, 6.07) is 12.1. The zero-order chi connectivity index (χ0) is 17.9. The van der Waals surface area contributed by atoms with E-state index in [0.29, 0.717) is 11.5 Å². The van der Waals surface area contributed by atoms with Gasteiger partial charge in [0, 0.05) is 23.5 Å². The lowest BCUT2D eigenvalue weighted by Gasteiger charge is -2.05. The largest absolute Gasteiger partial charge is 0.320 e. The van der Waals surface area contributed by atoms with Gasteiger partial charge in [-0.1, -0.05) is 25.1 Å². The molecular formula is C20H18N6. The first-order valence-electron chi connectivity index (χ1n) is 8.51. The van der Waals surface area contributed by atoms with Crippen LogP contribution in [-0.4, -0.2) is 30.1 Å². The van der Waals surface area contributed by atoms with Gasteiger partial charge in [-0.05, 0) is 37.1 Å². The minimum atomic E-state index is 0.609. The van der Waals surface area contributed by atoms with Gasteiger partial charge in [0.2, 0.25) is 0 Å². The van der Waals surface area contributed by atoms with Crippen molar-refractivity contribution in [1.29, 1.82) is 0 Å². The number of aryl methyl sites for hydroxylation is 2. The minimum absolute atomic E-state index is 0.609. The van der Waals surface area contributed by atoms with Crippen molar-refractivity contribution in [3.63, 3.8) is 0 Å². The van der Waals surface area contributed by atoms with Crippen molar-refractivity contribution < 1.29 is 0 Å². The summed E-state index contributed by atoms with van der Waals surface area (Å²) in [6.45, 7) is 4.04. The van der Waals surface area contributed by atoms with Crippen molar-refractivity contribution >= 4 is 0 Å². The Morgan fingerprint density at radius 2 is 1.81 bits per heavy atom. The second kappa shape index (κ2) is 6.84. The molecule has 6 heteroatoms. The van der Waals surface area contributed by atoms with Gasteiger partial charge < -0.3 is 4.98 Å². The molecule has 3 heterocycles. The van der Waals surface area contributed by atoms with Crippen LogP contribution in [0, 0.1) is 6.92 Å². The van der Waals surface area contributed by atoms with Gasteiger partial charge in [0.15, 0.2) is 11.6 Å². The molecule has 0 aliphatic rings. The van der Waals surface area contributed by atoms with Gasteiger partial charge >= 0.3 is 0 Å². The molecule has 6 nitrogen and oxygen atoms in total. The van der Waals surface area contributed by atoms with Crippen LogP contribution in [0.25, 0.3) is 34.2 Å². The average molecular weight is 342 g/mol. The van der Waals surface area contributed by atoms with Gasteiger partial charge in [-0.3, -0.25) is 9.97 Å². The predicted molar refractivity (Wildman–Crippen MR) is 100 cm³/mol. The summed E-state index contributed by atoms with van der Waals surface area (Å²) in [5.74, 6) is 1.33. The average Bonchev–Trinajstić information content (AvgIpc) is 3.19. The van der Waals surface area contributed by atoms with Crippen molar-refractivity contribution in [3.05, 3.63) is 66.2 Å². The van der Waals surface area contributed by atoms with Crippen LogP contribution in [0.4, 0.5) is 0 Å². The van der Waals surface area contributed by atoms with Crippen LogP contribution in [0.3, 0.4) is 0 Å². The number of pyridine rings is 1. The van der Waals surface area contributed by atoms with Crippen molar-refractivity contribution in [2.75, 3.05) is 0 Å². The summed E-state index contributed by atoms with van der Waals surface area (Å²) in [6.07, 6.45) is 6.23. The van der Waals surface area contributed by atoms with E-state index in [1.165, 1.54) is 5.56 Å². The Bertz CT molecular complexity index is 1040. The Hall–Kier alpha value is -3.41. The quantitative estimate of drug-likeness (QED) is 0.609. The van der Waals surface area contributed by atoms with Crippen LogP contribution in [-0.2, 0) is 6.42 Å². The first-order chi connectivity index (χ1) is 12.7. The molecule has 0 radical (unpaired) electrons. The zero-order valence-electron chi connectivity index (χ0n) is 14.6. The minimum Gasteiger partial charge on any atom is -0.320 e. The molecular weight excluding hydrogens is 324 g/mol. The zero-order valence-corrected chi connectivity index (χ0v) is 14.6. The van der Waals surface area contributed by atoms with E-state index in [-0.39, 0.29) is 0 Å². The Labute approximate surface area is 151 Å². The summed E-state index contributed by atoms with van der Waals surface area (Å²) in [5, 5.41) is 8.59. The standard InChI is InChI=1S/C20H18N6/c1-3-14-6-4-7-15(10-14)19-24-20(26-25-19)18-13(2)22-12-17(23-18)16-8-5-9-21-11-16/h4-12H,3H2,1-2H3,(H,24,25,26). The van der Waals surface area contributed by atoms with E-state index in [1.54, 1.807) is 18.6 Å². The summed E-state index contributed by atoms with van der Waals surface area (Å²) in [5.41, 5.74) is 5.42. The molecule has 0 amide bonds. The highest BCUT2D eigenvalue weighted by Crippen LogP contribution is 2.24. The number of nitrogens with one attached hydrogen (secondary N) is 1. The van der Waals surface area contributed by atoms with Crippen LogP contribution in [0.1, 0.15) is 18.2 Å². The fraction of sp³-hybridized carbons (Fsp3) is 0.150. The van der Waals surface area contributed by atoms with Gasteiger partial charge in [-0.25, -0.2) is 4.98 Å². The fourth-order valence-electron chi connectivity index (χ4n) is 2.76. The topological polar surface area (TPSA) is 80.2 Å². The maximum atomic E-state index is 4.72. The highest BCUT2D eigenvalue weighted by molar-refractivity contribution is 5.64. The second-order valence-electron chi connectivity index (χ2n) is 6.01.